The lowest BCUT2D eigenvalue weighted by molar-refractivity contribution is 0.447. The van der Waals surface area contributed by atoms with Crippen LogP contribution >= 0.6 is 0 Å². The second-order valence-electron chi connectivity index (χ2n) is 4.25. The van der Waals surface area contributed by atoms with Gasteiger partial charge in [-0.05, 0) is 25.2 Å². The van der Waals surface area contributed by atoms with E-state index in [0.29, 0.717) is 11.6 Å². The Morgan fingerprint density at radius 3 is 2.25 bits per heavy atom. The zero-order valence-electron chi connectivity index (χ0n) is 9.06. The highest BCUT2D eigenvalue weighted by Gasteiger charge is 2.30. The van der Waals surface area contributed by atoms with E-state index in [4.69, 9.17) is 0 Å². The van der Waals surface area contributed by atoms with E-state index in [2.05, 4.69) is 5.32 Å². The van der Waals surface area contributed by atoms with E-state index in [1.165, 1.54) is 0 Å². The number of nitrogens with one attached hydrogen (secondary N) is 1. The van der Waals surface area contributed by atoms with Crippen LogP contribution in [-0.2, 0) is 0 Å². The fraction of sp³-hybridized carbons (Fsp3) is 0.500. The summed E-state index contributed by atoms with van der Waals surface area (Å²) in [4.78, 5) is 0. The average molecular weight is 229 g/mol. The predicted molar refractivity (Wildman–Crippen MR) is 56.7 cm³/mol. The molecule has 1 aromatic carbocycles. The van der Waals surface area contributed by atoms with Crippen LogP contribution in [0.5, 0.6) is 0 Å². The highest BCUT2D eigenvalue weighted by atomic mass is 19.2. The van der Waals surface area contributed by atoms with Crippen LogP contribution in [0.1, 0.15) is 26.2 Å². The molecule has 2 rings (SSSR count). The van der Waals surface area contributed by atoms with Crippen LogP contribution in [0.3, 0.4) is 0 Å². The van der Waals surface area contributed by atoms with E-state index >= 15 is 0 Å². The summed E-state index contributed by atoms with van der Waals surface area (Å²) >= 11 is 0. The summed E-state index contributed by atoms with van der Waals surface area (Å²) in [5.74, 6) is -3.12. The van der Waals surface area contributed by atoms with E-state index in [-0.39, 0.29) is 6.04 Å². The van der Waals surface area contributed by atoms with E-state index in [1.54, 1.807) is 0 Å². The summed E-state index contributed by atoms with van der Waals surface area (Å²) in [6.07, 6.45) is 3.20. The molecule has 1 aliphatic carbocycles. The Balaban J connectivity index is 2.14. The first kappa shape index (κ1) is 11.3. The first-order valence-electron chi connectivity index (χ1n) is 5.53. The molecule has 0 heterocycles. The lowest BCUT2D eigenvalue weighted by Crippen LogP contribution is -2.20. The molecule has 1 fully saturated rings. The van der Waals surface area contributed by atoms with Gasteiger partial charge in [-0.25, -0.2) is 13.2 Å². The molecule has 1 aromatic rings. The van der Waals surface area contributed by atoms with Crippen LogP contribution in [0.4, 0.5) is 18.9 Å². The van der Waals surface area contributed by atoms with Gasteiger partial charge >= 0.3 is 0 Å². The van der Waals surface area contributed by atoms with Crippen molar-refractivity contribution in [1.82, 2.24) is 0 Å². The van der Waals surface area contributed by atoms with Gasteiger partial charge in [0.2, 0.25) is 0 Å². The molecule has 1 aliphatic rings. The maximum atomic E-state index is 13.0. The third-order valence-electron chi connectivity index (χ3n) is 2.97. The fourth-order valence-electron chi connectivity index (χ4n) is 1.90. The average Bonchev–Trinajstić information content (AvgIpc) is 3.06. The maximum absolute atomic E-state index is 13.0. The van der Waals surface area contributed by atoms with Crippen molar-refractivity contribution in [2.75, 3.05) is 5.32 Å². The molecule has 1 atom stereocenters. The smallest absolute Gasteiger partial charge is 0.194 e. The van der Waals surface area contributed by atoms with Gasteiger partial charge in [0.25, 0.3) is 0 Å². The molecule has 1 nitrogen and oxygen atoms in total. The van der Waals surface area contributed by atoms with Gasteiger partial charge in [0, 0.05) is 23.9 Å². The van der Waals surface area contributed by atoms with Crippen LogP contribution in [0.25, 0.3) is 0 Å². The highest BCUT2D eigenvalue weighted by Crippen LogP contribution is 2.35. The van der Waals surface area contributed by atoms with Crippen LogP contribution in [-0.4, -0.2) is 6.04 Å². The van der Waals surface area contributed by atoms with Crippen molar-refractivity contribution in [1.29, 1.82) is 0 Å². The molecule has 0 bridgehead atoms. The minimum atomic E-state index is -1.41. The Bertz CT molecular complexity index is 365. The van der Waals surface area contributed by atoms with Gasteiger partial charge in [0.05, 0.1) is 0 Å². The van der Waals surface area contributed by atoms with Gasteiger partial charge in [0.15, 0.2) is 17.5 Å². The molecule has 0 radical (unpaired) electrons. The predicted octanol–water partition coefficient (Wildman–Crippen LogP) is 3.70. The summed E-state index contributed by atoms with van der Waals surface area (Å²) in [5.41, 5.74) is 0.315. The number of hydrogen-bond donors (Lipinski definition) is 1. The quantitative estimate of drug-likeness (QED) is 0.776. The third kappa shape index (κ3) is 2.31. The third-order valence-corrected chi connectivity index (χ3v) is 2.97. The molecule has 0 saturated heterocycles. The second kappa shape index (κ2) is 4.36. The molecule has 0 amide bonds. The Morgan fingerprint density at radius 1 is 1.25 bits per heavy atom. The van der Waals surface area contributed by atoms with E-state index in [1.807, 2.05) is 6.92 Å². The van der Waals surface area contributed by atoms with Crippen molar-refractivity contribution in [2.24, 2.45) is 5.92 Å². The lowest BCUT2D eigenvalue weighted by Gasteiger charge is -2.17. The van der Waals surface area contributed by atoms with Crippen molar-refractivity contribution >= 4 is 5.69 Å². The number of hydrogen-bond acceptors (Lipinski definition) is 1. The molecule has 0 aliphatic heterocycles. The Morgan fingerprint density at radius 2 is 1.81 bits per heavy atom. The van der Waals surface area contributed by atoms with Crippen molar-refractivity contribution in [3.8, 4) is 0 Å². The fourth-order valence-corrected chi connectivity index (χ4v) is 1.90. The molecular formula is C12H14F3N. The SMILES string of the molecule is CCC(Nc1cc(F)c(F)c(F)c1)C1CC1. The summed E-state index contributed by atoms with van der Waals surface area (Å²) < 4.78 is 38.6. The first-order chi connectivity index (χ1) is 7.61. The van der Waals surface area contributed by atoms with Gasteiger partial charge in [-0.1, -0.05) is 6.92 Å². The molecule has 16 heavy (non-hydrogen) atoms. The number of rotatable bonds is 4. The molecule has 88 valence electrons. The lowest BCUT2D eigenvalue weighted by atomic mass is 10.1. The Hall–Kier alpha value is -1.19. The zero-order valence-corrected chi connectivity index (χ0v) is 9.06. The van der Waals surface area contributed by atoms with Gasteiger partial charge in [0.1, 0.15) is 0 Å². The van der Waals surface area contributed by atoms with Crippen molar-refractivity contribution in [2.45, 2.75) is 32.2 Å². The van der Waals surface area contributed by atoms with Crippen molar-refractivity contribution in [3.63, 3.8) is 0 Å². The van der Waals surface area contributed by atoms with Crippen molar-refractivity contribution < 1.29 is 13.2 Å². The molecular weight excluding hydrogens is 215 g/mol. The largest absolute Gasteiger partial charge is 0.382 e. The topological polar surface area (TPSA) is 12.0 Å². The number of benzene rings is 1. The summed E-state index contributed by atoms with van der Waals surface area (Å²) in [5, 5.41) is 3.05. The van der Waals surface area contributed by atoms with Gasteiger partial charge < -0.3 is 5.32 Å². The summed E-state index contributed by atoms with van der Waals surface area (Å²) in [6, 6.07) is 2.23. The molecule has 1 N–H and O–H groups in total. The van der Waals surface area contributed by atoms with Crippen LogP contribution < -0.4 is 5.32 Å². The zero-order chi connectivity index (χ0) is 11.7. The maximum Gasteiger partial charge on any atom is 0.194 e. The van der Waals surface area contributed by atoms with E-state index < -0.39 is 17.5 Å². The Kier molecular flexibility index (Phi) is 3.08. The van der Waals surface area contributed by atoms with Crippen LogP contribution in [0, 0.1) is 23.4 Å². The molecule has 1 unspecified atom stereocenters. The molecule has 1 saturated carbocycles. The summed E-state index contributed by atoms with van der Waals surface area (Å²) in [7, 11) is 0. The normalized spacial score (nSPS) is 17.2. The number of anilines is 1. The first-order valence-corrected chi connectivity index (χ1v) is 5.53. The number of halogens is 3. The minimum absolute atomic E-state index is 0.226. The summed E-state index contributed by atoms with van der Waals surface area (Å²) in [6.45, 7) is 2.02. The van der Waals surface area contributed by atoms with Crippen molar-refractivity contribution in [3.05, 3.63) is 29.6 Å². The van der Waals surface area contributed by atoms with Gasteiger partial charge in [-0.3, -0.25) is 0 Å². The van der Waals surface area contributed by atoms with E-state index in [9.17, 15) is 13.2 Å². The monoisotopic (exact) mass is 229 g/mol. The highest BCUT2D eigenvalue weighted by molar-refractivity contribution is 5.45. The minimum Gasteiger partial charge on any atom is -0.382 e. The van der Waals surface area contributed by atoms with Gasteiger partial charge in [-0.15, -0.1) is 0 Å². The van der Waals surface area contributed by atoms with Gasteiger partial charge in [-0.2, -0.15) is 0 Å². The molecule has 0 aromatic heterocycles. The second-order valence-corrected chi connectivity index (χ2v) is 4.25. The molecule has 4 heteroatoms. The van der Waals surface area contributed by atoms with Crippen LogP contribution in [0.15, 0.2) is 12.1 Å². The van der Waals surface area contributed by atoms with E-state index in [0.717, 1.165) is 31.4 Å². The molecule has 0 spiro atoms. The van der Waals surface area contributed by atoms with Crippen LogP contribution in [0.2, 0.25) is 0 Å². The standard InChI is InChI=1S/C12H14F3N/c1-2-11(7-3-4-7)16-8-5-9(13)12(15)10(14)6-8/h5-7,11,16H,2-4H2,1H3. The Labute approximate surface area is 92.7 Å².